The lowest BCUT2D eigenvalue weighted by Crippen LogP contribution is -2.17. The Kier molecular flexibility index (Phi) is 3.37. The first-order valence-corrected chi connectivity index (χ1v) is 6.28. The van der Waals surface area contributed by atoms with Crippen LogP contribution in [0, 0.1) is 13.8 Å². The van der Waals surface area contributed by atoms with Crippen LogP contribution in [0.4, 0.5) is 0 Å². The van der Waals surface area contributed by atoms with Gasteiger partial charge in [0.05, 0.1) is 11.5 Å². The van der Waals surface area contributed by atoms with Gasteiger partial charge in [-0.05, 0) is 32.9 Å². The van der Waals surface area contributed by atoms with Gasteiger partial charge in [-0.2, -0.15) is 0 Å². The van der Waals surface area contributed by atoms with Crippen LogP contribution in [0.2, 0.25) is 0 Å². The van der Waals surface area contributed by atoms with Gasteiger partial charge < -0.3 is 14.6 Å². The van der Waals surface area contributed by atoms with E-state index in [-0.39, 0.29) is 17.1 Å². The molecule has 0 amide bonds. The number of aliphatic hydroxyl groups is 1. The summed E-state index contributed by atoms with van der Waals surface area (Å²) >= 11 is 0. The maximum atomic E-state index is 12.3. The molecule has 1 heterocycles. The number of benzene rings is 1. The highest BCUT2D eigenvalue weighted by Crippen LogP contribution is 2.29. The molecule has 2 aromatic rings. The molecule has 0 radical (unpaired) electrons. The van der Waals surface area contributed by atoms with Gasteiger partial charge in [0, 0.05) is 17.0 Å². The van der Waals surface area contributed by atoms with E-state index in [0.717, 1.165) is 0 Å². The summed E-state index contributed by atoms with van der Waals surface area (Å²) in [6.07, 6.45) is -0.614. The Morgan fingerprint density at radius 1 is 1.16 bits per heavy atom. The summed E-state index contributed by atoms with van der Waals surface area (Å²) in [4.78, 5) is 12.3. The third-order valence-electron chi connectivity index (χ3n) is 3.68. The van der Waals surface area contributed by atoms with Gasteiger partial charge in [0.1, 0.15) is 17.1 Å². The van der Waals surface area contributed by atoms with Crippen LogP contribution in [-0.4, -0.2) is 16.3 Å². The van der Waals surface area contributed by atoms with Crippen molar-refractivity contribution in [3.8, 4) is 5.75 Å². The van der Waals surface area contributed by atoms with E-state index in [2.05, 4.69) is 0 Å². The second-order valence-corrected chi connectivity index (χ2v) is 5.04. The number of hydrogen-bond acceptors (Lipinski definition) is 4. The second kappa shape index (κ2) is 4.70. The van der Waals surface area contributed by atoms with Gasteiger partial charge in [-0.1, -0.05) is 6.92 Å². The maximum Gasteiger partial charge on any atom is 0.195 e. The molecule has 0 aliphatic rings. The number of hydrogen-bond donors (Lipinski definition) is 2. The molecule has 0 bridgehead atoms. The molecule has 4 heteroatoms. The van der Waals surface area contributed by atoms with Gasteiger partial charge in [-0.3, -0.25) is 4.79 Å². The normalized spacial score (nSPS) is 14.6. The average Bonchev–Trinajstić information content (AvgIpc) is 2.37. The van der Waals surface area contributed by atoms with Crippen LogP contribution in [0.25, 0.3) is 11.0 Å². The highest BCUT2D eigenvalue weighted by Gasteiger charge is 2.21. The molecule has 0 aliphatic carbocycles. The highest BCUT2D eigenvalue weighted by molar-refractivity contribution is 5.82. The van der Waals surface area contributed by atoms with Gasteiger partial charge >= 0.3 is 0 Å². The highest BCUT2D eigenvalue weighted by atomic mass is 16.3. The van der Waals surface area contributed by atoms with E-state index >= 15 is 0 Å². The van der Waals surface area contributed by atoms with Crippen molar-refractivity contribution >= 4 is 11.0 Å². The van der Waals surface area contributed by atoms with Crippen molar-refractivity contribution in [2.24, 2.45) is 0 Å². The van der Waals surface area contributed by atoms with E-state index in [9.17, 15) is 15.0 Å². The Balaban J connectivity index is 2.85. The Morgan fingerprint density at radius 3 is 2.37 bits per heavy atom. The maximum absolute atomic E-state index is 12.3. The average molecular weight is 262 g/mol. The van der Waals surface area contributed by atoms with Crippen molar-refractivity contribution in [1.82, 2.24) is 0 Å². The lowest BCUT2D eigenvalue weighted by atomic mass is 9.97. The topological polar surface area (TPSA) is 70.7 Å². The van der Waals surface area contributed by atoms with Gasteiger partial charge in [0.15, 0.2) is 5.43 Å². The van der Waals surface area contributed by atoms with Crippen molar-refractivity contribution in [3.63, 3.8) is 0 Å². The number of phenolic OH excluding ortho intramolecular Hbond substituents is 1. The number of aliphatic hydroxyl groups excluding tert-OH is 1. The van der Waals surface area contributed by atoms with Crippen molar-refractivity contribution in [1.29, 1.82) is 0 Å². The minimum Gasteiger partial charge on any atom is -0.508 e. The van der Waals surface area contributed by atoms with Crippen molar-refractivity contribution < 1.29 is 14.6 Å². The van der Waals surface area contributed by atoms with Crippen LogP contribution in [0.3, 0.4) is 0 Å². The Morgan fingerprint density at radius 2 is 1.79 bits per heavy atom. The fourth-order valence-corrected chi connectivity index (χ4v) is 2.15. The van der Waals surface area contributed by atoms with E-state index in [1.165, 1.54) is 6.07 Å². The molecule has 0 fully saturated rings. The first-order valence-electron chi connectivity index (χ1n) is 6.28. The summed E-state index contributed by atoms with van der Waals surface area (Å²) < 4.78 is 5.79. The van der Waals surface area contributed by atoms with E-state index in [1.807, 2.05) is 0 Å². The van der Waals surface area contributed by atoms with Crippen molar-refractivity contribution in [3.05, 3.63) is 39.2 Å². The summed E-state index contributed by atoms with van der Waals surface area (Å²) in [7, 11) is 0. The molecule has 2 unspecified atom stereocenters. The minimum absolute atomic E-state index is 0.0927. The Hall–Kier alpha value is -1.81. The predicted molar refractivity (Wildman–Crippen MR) is 73.7 cm³/mol. The first-order chi connectivity index (χ1) is 8.84. The molecule has 102 valence electrons. The molecular formula is C15H18O4. The lowest BCUT2D eigenvalue weighted by Gasteiger charge is -2.17. The van der Waals surface area contributed by atoms with Gasteiger partial charge in [0.2, 0.25) is 0 Å². The van der Waals surface area contributed by atoms with Crippen LogP contribution in [0.5, 0.6) is 5.75 Å². The van der Waals surface area contributed by atoms with Crippen LogP contribution in [-0.2, 0) is 0 Å². The zero-order valence-corrected chi connectivity index (χ0v) is 11.5. The molecule has 0 aliphatic heterocycles. The molecule has 2 rings (SSSR count). The van der Waals surface area contributed by atoms with Crippen LogP contribution < -0.4 is 5.43 Å². The number of fused-ring (bicyclic) bond motifs is 1. The SMILES string of the molecule is Cc1c(C(C)C(C)O)oc2c(C)c(O)ccc2c1=O. The number of aromatic hydroxyl groups is 1. The molecule has 1 aromatic heterocycles. The summed E-state index contributed by atoms with van der Waals surface area (Å²) in [5.74, 6) is 0.287. The molecule has 0 saturated heterocycles. The van der Waals surface area contributed by atoms with E-state index in [1.54, 1.807) is 33.8 Å². The third-order valence-corrected chi connectivity index (χ3v) is 3.68. The van der Waals surface area contributed by atoms with Crippen LogP contribution >= 0.6 is 0 Å². The van der Waals surface area contributed by atoms with Crippen molar-refractivity contribution in [2.45, 2.75) is 39.7 Å². The van der Waals surface area contributed by atoms with E-state index < -0.39 is 6.10 Å². The fourth-order valence-electron chi connectivity index (χ4n) is 2.15. The lowest BCUT2D eigenvalue weighted by molar-refractivity contribution is 0.158. The van der Waals surface area contributed by atoms with E-state index in [4.69, 9.17) is 4.42 Å². The molecule has 2 N–H and O–H groups in total. The minimum atomic E-state index is -0.614. The van der Waals surface area contributed by atoms with Crippen molar-refractivity contribution in [2.75, 3.05) is 0 Å². The van der Waals surface area contributed by atoms with Crippen LogP contribution in [0.1, 0.15) is 36.7 Å². The summed E-state index contributed by atoms with van der Waals surface area (Å²) in [6, 6.07) is 3.05. The molecule has 1 aromatic carbocycles. The first kappa shape index (κ1) is 13.6. The molecule has 2 atom stereocenters. The number of rotatable bonds is 2. The second-order valence-electron chi connectivity index (χ2n) is 5.04. The number of phenols is 1. The standard InChI is InChI=1S/C15H18O4/c1-7(10(4)16)14-9(3)13(18)11-5-6-12(17)8(2)15(11)19-14/h5-7,10,16-17H,1-4H3. The molecule has 0 saturated carbocycles. The Labute approximate surface area is 111 Å². The third kappa shape index (κ3) is 2.12. The Bertz CT molecular complexity index is 683. The molecule has 4 nitrogen and oxygen atoms in total. The van der Waals surface area contributed by atoms with Gasteiger partial charge in [0.25, 0.3) is 0 Å². The molecule has 0 spiro atoms. The number of aryl methyl sites for hydroxylation is 1. The monoisotopic (exact) mass is 262 g/mol. The van der Waals surface area contributed by atoms with Crippen LogP contribution in [0.15, 0.2) is 21.3 Å². The summed E-state index contributed by atoms with van der Waals surface area (Å²) in [6.45, 7) is 6.86. The quantitative estimate of drug-likeness (QED) is 0.872. The fraction of sp³-hybridized carbons (Fsp3) is 0.400. The molecule has 19 heavy (non-hydrogen) atoms. The van der Waals surface area contributed by atoms with E-state index in [0.29, 0.717) is 27.9 Å². The summed E-state index contributed by atoms with van der Waals surface area (Å²) in [5, 5.41) is 19.8. The largest absolute Gasteiger partial charge is 0.508 e. The van der Waals surface area contributed by atoms with Gasteiger partial charge in [-0.25, -0.2) is 0 Å². The zero-order chi connectivity index (χ0) is 14.3. The van der Waals surface area contributed by atoms with Gasteiger partial charge in [-0.15, -0.1) is 0 Å². The zero-order valence-electron chi connectivity index (χ0n) is 11.5. The predicted octanol–water partition coefficient (Wildman–Crippen LogP) is 2.60. The summed E-state index contributed by atoms with van der Waals surface area (Å²) in [5.41, 5.74) is 1.31. The molecular weight excluding hydrogens is 244 g/mol. The smallest absolute Gasteiger partial charge is 0.195 e.